The molecule has 0 aliphatic carbocycles. The average molecular weight is 256 g/mol. The molecule has 0 aromatic heterocycles. The Morgan fingerprint density at radius 3 is 2.83 bits per heavy atom. The van der Waals surface area contributed by atoms with Crippen LogP contribution in [0.1, 0.15) is 30.4 Å². The van der Waals surface area contributed by atoms with Gasteiger partial charge in [0.05, 0.1) is 0 Å². The minimum Gasteiger partial charge on any atom is -0.508 e. The van der Waals surface area contributed by atoms with Crippen LogP contribution in [0.3, 0.4) is 0 Å². The Morgan fingerprint density at radius 2 is 2.00 bits per heavy atom. The zero-order valence-electron chi connectivity index (χ0n) is 10.4. The molecule has 2 heteroatoms. The minimum atomic E-state index is 0.355. The number of fused-ring (bicyclic) bond motifs is 2. The van der Waals surface area contributed by atoms with E-state index in [0.717, 1.165) is 12.8 Å². The highest BCUT2D eigenvalue weighted by atomic mass is 32.2. The maximum atomic E-state index is 9.64. The van der Waals surface area contributed by atoms with Crippen molar-refractivity contribution in [2.75, 3.05) is 0 Å². The average Bonchev–Trinajstić information content (AvgIpc) is 2.54. The van der Waals surface area contributed by atoms with Gasteiger partial charge in [0, 0.05) is 9.79 Å². The van der Waals surface area contributed by atoms with Crippen LogP contribution in [-0.4, -0.2) is 5.11 Å². The standard InChI is InChI=1S/C16H16OS/c1-2-11-9-12-7-8-13(17)10-16(12)18-15-6-4-3-5-14(11)15/h3-8,10-11,17H,2,9H2,1H3. The Hall–Kier alpha value is -1.41. The number of hydrogen-bond donors (Lipinski definition) is 1. The Morgan fingerprint density at radius 1 is 1.17 bits per heavy atom. The highest BCUT2D eigenvalue weighted by Gasteiger charge is 2.21. The molecule has 1 unspecified atom stereocenters. The molecule has 1 aliphatic heterocycles. The predicted octanol–water partition coefficient (Wildman–Crippen LogP) is 4.59. The maximum absolute atomic E-state index is 9.64. The van der Waals surface area contributed by atoms with Gasteiger partial charge >= 0.3 is 0 Å². The fourth-order valence-corrected chi connectivity index (χ4v) is 3.77. The van der Waals surface area contributed by atoms with Gasteiger partial charge in [0.1, 0.15) is 5.75 Å². The van der Waals surface area contributed by atoms with Crippen molar-refractivity contribution in [1.29, 1.82) is 0 Å². The maximum Gasteiger partial charge on any atom is 0.116 e. The van der Waals surface area contributed by atoms with Crippen molar-refractivity contribution in [1.82, 2.24) is 0 Å². The summed E-state index contributed by atoms with van der Waals surface area (Å²) in [6.07, 6.45) is 2.22. The van der Waals surface area contributed by atoms with Gasteiger partial charge in [0.25, 0.3) is 0 Å². The minimum absolute atomic E-state index is 0.355. The molecule has 3 rings (SSSR count). The van der Waals surface area contributed by atoms with Gasteiger partial charge in [-0.25, -0.2) is 0 Å². The molecule has 92 valence electrons. The summed E-state index contributed by atoms with van der Waals surface area (Å²) >= 11 is 1.78. The molecule has 0 saturated carbocycles. The lowest BCUT2D eigenvalue weighted by molar-refractivity contribution is 0.473. The van der Waals surface area contributed by atoms with Gasteiger partial charge in [-0.1, -0.05) is 43.0 Å². The smallest absolute Gasteiger partial charge is 0.116 e. The second-order valence-electron chi connectivity index (χ2n) is 4.74. The lowest BCUT2D eigenvalue weighted by atomic mass is 9.90. The summed E-state index contributed by atoms with van der Waals surface area (Å²) in [6, 6.07) is 14.4. The van der Waals surface area contributed by atoms with Gasteiger partial charge in [0.2, 0.25) is 0 Å². The highest BCUT2D eigenvalue weighted by Crippen LogP contribution is 2.43. The van der Waals surface area contributed by atoms with E-state index in [0.29, 0.717) is 11.7 Å². The zero-order valence-corrected chi connectivity index (χ0v) is 11.2. The lowest BCUT2D eigenvalue weighted by Gasteiger charge is -2.14. The Balaban J connectivity index is 2.13. The highest BCUT2D eigenvalue weighted by molar-refractivity contribution is 7.99. The quantitative estimate of drug-likeness (QED) is 0.805. The molecule has 1 heterocycles. The van der Waals surface area contributed by atoms with Crippen molar-refractivity contribution in [3.63, 3.8) is 0 Å². The number of rotatable bonds is 1. The van der Waals surface area contributed by atoms with Crippen LogP contribution in [0.2, 0.25) is 0 Å². The second kappa shape index (κ2) is 4.69. The monoisotopic (exact) mass is 256 g/mol. The van der Waals surface area contributed by atoms with E-state index >= 15 is 0 Å². The van der Waals surface area contributed by atoms with Crippen LogP contribution < -0.4 is 0 Å². The summed E-state index contributed by atoms with van der Waals surface area (Å²) in [6.45, 7) is 2.25. The van der Waals surface area contributed by atoms with Crippen LogP contribution in [0.15, 0.2) is 52.3 Å². The Bertz CT molecular complexity index is 577. The molecule has 0 saturated heterocycles. The topological polar surface area (TPSA) is 20.2 Å². The van der Waals surface area contributed by atoms with E-state index in [1.165, 1.54) is 20.9 Å². The molecule has 1 N–H and O–H groups in total. The number of benzene rings is 2. The van der Waals surface area contributed by atoms with Gasteiger partial charge in [-0.2, -0.15) is 0 Å². The van der Waals surface area contributed by atoms with Crippen molar-refractivity contribution in [2.24, 2.45) is 0 Å². The zero-order chi connectivity index (χ0) is 12.5. The molecule has 1 aliphatic rings. The summed E-state index contributed by atoms with van der Waals surface area (Å²) in [5.41, 5.74) is 2.79. The van der Waals surface area contributed by atoms with E-state index in [-0.39, 0.29) is 0 Å². The summed E-state index contributed by atoms with van der Waals surface area (Å²) in [7, 11) is 0. The van der Waals surface area contributed by atoms with Crippen molar-refractivity contribution < 1.29 is 5.11 Å². The first kappa shape index (κ1) is 11.7. The second-order valence-corrected chi connectivity index (χ2v) is 5.82. The molecular weight excluding hydrogens is 240 g/mol. The normalized spacial score (nSPS) is 17.7. The van der Waals surface area contributed by atoms with Crippen LogP contribution in [0.25, 0.3) is 0 Å². The van der Waals surface area contributed by atoms with E-state index in [2.05, 4.69) is 37.3 Å². The molecule has 2 aromatic carbocycles. The van der Waals surface area contributed by atoms with E-state index in [9.17, 15) is 5.11 Å². The molecule has 18 heavy (non-hydrogen) atoms. The van der Waals surface area contributed by atoms with Crippen LogP contribution in [0.4, 0.5) is 0 Å². The van der Waals surface area contributed by atoms with Gasteiger partial charge < -0.3 is 5.11 Å². The molecule has 0 spiro atoms. The Kier molecular flexibility index (Phi) is 3.04. The third-order valence-electron chi connectivity index (χ3n) is 3.59. The first-order valence-electron chi connectivity index (χ1n) is 6.36. The molecule has 0 amide bonds. The van der Waals surface area contributed by atoms with E-state index < -0.39 is 0 Å². The number of phenols is 1. The third kappa shape index (κ3) is 2.01. The molecule has 1 nitrogen and oxygen atoms in total. The first-order chi connectivity index (χ1) is 8.78. The van der Waals surface area contributed by atoms with Crippen LogP contribution in [-0.2, 0) is 6.42 Å². The summed E-state index contributed by atoms with van der Waals surface area (Å²) < 4.78 is 0. The number of hydrogen-bond acceptors (Lipinski definition) is 2. The summed E-state index contributed by atoms with van der Waals surface area (Å²) in [4.78, 5) is 2.52. The molecule has 0 bridgehead atoms. The van der Waals surface area contributed by atoms with E-state index in [4.69, 9.17) is 0 Å². The van der Waals surface area contributed by atoms with Crippen molar-refractivity contribution in [3.8, 4) is 5.75 Å². The van der Waals surface area contributed by atoms with E-state index in [1.54, 1.807) is 17.8 Å². The van der Waals surface area contributed by atoms with Crippen molar-refractivity contribution in [3.05, 3.63) is 53.6 Å². The van der Waals surface area contributed by atoms with Crippen molar-refractivity contribution >= 4 is 11.8 Å². The summed E-state index contributed by atoms with van der Waals surface area (Å²) in [5, 5.41) is 9.64. The van der Waals surface area contributed by atoms with Gasteiger partial charge in [-0.05, 0) is 48.1 Å². The van der Waals surface area contributed by atoms with Crippen LogP contribution in [0, 0.1) is 0 Å². The molecule has 0 fully saturated rings. The van der Waals surface area contributed by atoms with Crippen LogP contribution in [0.5, 0.6) is 5.75 Å². The first-order valence-corrected chi connectivity index (χ1v) is 7.18. The predicted molar refractivity (Wildman–Crippen MR) is 75.4 cm³/mol. The van der Waals surface area contributed by atoms with Gasteiger partial charge in [0.15, 0.2) is 0 Å². The fourth-order valence-electron chi connectivity index (χ4n) is 2.58. The molecular formula is C16H16OS. The Labute approximate surface area is 112 Å². The lowest BCUT2D eigenvalue weighted by Crippen LogP contribution is -2.01. The summed E-state index contributed by atoms with van der Waals surface area (Å²) in [5.74, 6) is 0.938. The van der Waals surface area contributed by atoms with E-state index in [1.807, 2.05) is 6.07 Å². The largest absolute Gasteiger partial charge is 0.508 e. The van der Waals surface area contributed by atoms with Gasteiger partial charge in [-0.15, -0.1) is 0 Å². The van der Waals surface area contributed by atoms with Crippen LogP contribution >= 0.6 is 11.8 Å². The molecule has 0 radical (unpaired) electrons. The molecule has 1 atom stereocenters. The third-order valence-corrected chi connectivity index (χ3v) is 4.78. The fraction of sp³-hybridized carbons (Fsp3) is 0.250. The molecule has 2 aromatic rings. The number of phenolic OH excluding ortho intramolecular Hbond substituents is 1. The van der Waals surface area contributed by atoms with Crippen molar-refractivity contribution in [2.45, 2.75) is 35.5 Å². The number of aromatic hydroxyl groups is 1. The SMILES string of the molecule is CCC1Cc2ccc(O)cc2Sc2ccccc21. The van der Waals surface area contributed by atoms with Gasteiger partial charge in [-0.3, -0.25) is 0 Å².